The second-order valence-electron chi connectivity index (χ2n) is 5.59. The van der Waals surface area contributed by atoms with Gasteiger partial charge in [-0.25, -0.2) is 18.7 Å². The molecule has 3 aromatic rings. The van der Waals surface area contributed by atoms with Crippen molar-refractivity contribution in [2.24, 2.45) is 0 Å². The van der Waals surface area contributed by atoms with Crippen molar-refractivity contribution in [3.63, 3.8) is 0 Å². The molecule has 3 rings (SSSR count). The van der Waals surface area contributed by atoms with Crippen molar-refractivity contribution < 1.29 is 8.78 Å². The monoisotopic (exact) mass is 340 g/mol. The molecule has 128 valence electrons. The van der Waals surface area contributed by atoms with Crippen LogP contribution in [0, 0.1) is 18.6 Å². The molecule has 0 atom stereocenters. The van der Waals surface area contributed by atoms with Crippen LogP contribution in [0.15, 0.2) is 54.6 Å². The molecule has 4 nitrogen and oxygen atoms in total. The van der Waals surface area contributed by atoms with E-state index in [1.807, 2.05) is 0 Å². The number of rotatable bonds is 6. The smallest absolute Gasteiger partial charge is 0.146 e. The lowest BCUT2D eigenvalue weighted by Gasteiger charge is -2.11. The predicted octanol–water partition coefficient (Wildman–Crippen LogP) is 4.46. The van der Waals surface area contributed by atoms with Gasteiger partial charge in [0, 0.05) is 12.6 Å². The lowest BCUT2D eigenvalue weighted by molar-refractivity contribution is 0.627. The first-order valence-electron chi connectivity index (χ1n) is 7.96. The van der Waals surface area contributed by atoms with Gasteiger partial charge in [-0.2, -0.15) is 0 Å². The standard InChI is InChI=1S/C19H18F2N4/c1-13-23-18(22-11-10-14-6-8-15(20)9-7-14)12-19(24-13)25-17-5-3-2-4-16(17)21/h2-9,12H,10-11H2,1H3,(H2,22,23,24,25). The van der Waals surface area contributed by atoms with Gasteiger partial charge in [-0.3, -0.25) is 0 Å². The third-order valence-corrected chi connectivity index (χ3v) is 3.61. The molecule has 0 aliphatic rings. The van der Waals surface area contributed by atoms with Gasteiger partial charge < -0.3 is 10.6 Å². The highest BCUT2D eigenvalue weighted by molar-refractivity contribution is 5.59. The summed E-state index contributed by atoms with van der Waals surface area (Å²) in [6, 6.07) is 14.5. The Morgan fingerprint density at radius 1 is 0.920 bits per heavy atom. The van der Waals surface area contributed by atoms with Gasteiger partial charge in [0.25, 0.3) is 0 Å². The van der Waals surface area contributed by atoms with Gasteiger partial charge in [0.2, 0.25) is 0 Å². The van der Waals surface area contributed by atoms with E-state index in [4.69, 9.17) is 0 Å². The van der Waals surface area contributed by atoms with Crippen LogP contribution in [0.2, 0.25) is 0 Å². The fourth-order valence-electron chi connectivity index (χ4n) is 2.41. The molecule has 0 aliphatic carbocycles. The van der Waals surface area contributed by atoms with E-state index in [1.54, 1.807) is 43.3 Å². The summed E-state index contributed by atoms with van der Waals surface area (Å²) in [5.41, 5.74) is 1.39. The van der Waals surface area contributed by atoms with E-state index >= 15 is 0 Å². The minimum Gasteiger partial charge on any atom is -0.370 e. The maximum atomic E-state index is 13.7. The van der Waals surface area contributed by atoms with Crippen molar-refractivity contribution in [1.29, 1.82) is 0 Å². The van der Waals surface area contributed by atoms with Crippen LogP contribution in [0.1, 0.15) is 11.4 Å². The second-order valence-corrected chi connectivity index (χ2v) is 5.59. The van der Waals surface area contributed by atoms with Crippen molar-refractivity contribution in [1.82, 2.24) is 9.97 Å². The van der Waals surface area contributed by atoms with Crippen LogP contribution in [0.3, 0.4) is 0 Å². The first kappa shape index (κ1) is 16.8. The number of aromatic nitrogens is 2. The van der Waals surface area contributed by atoms with Crippen molar-refractivity contribution in [2.75, 3.05) is 17.2 Å². The third-order valence-electron chi connectivity index (χ3n) is 3.61. The van der Waals surface area contributed by atoms with Gasteiger partial charge in [0.05, 0.1) is 5.69 Å². The molecule has 0 bridgehead atoms. The first-order chi connectivity index (χ1) is 12.1. The number of anilines is 3. The average molecular weight is 340 g/mol. The largest absolute Gasteiger partial charge is 0.370 e. The van der Waals surface area contributed by atoms with Gasteiger partial charge >= 0.3 is 0 Å². The lowest BCUT2D eigenvalue weighted by Crippen LogP contribution is -2.08. The molecule has 0 radical (unpaired) electrons. The topological polar surface area (TPSA) is 49.8 Å². The molecule has 0 saturated carbocycles. The van der Waals surface area contributed by atoms with Gasteiger partial charge in [-0.15, -0.1) is 0 Å². The van der Waals surface area contributed by atoms with Gasteiger partial charge in [0.1, 0.15) is 29.1 Å². The van der Waals surface area contributed by atoms with Crippen molar-refractivity contribution in [2.45, 2.75) is 13.3 Å². The Balaban J connectivity index is 1.65. The molecule has 0 unspecified atom stereocenters. The van der Waals surface area contributed by atoms with Gasteiger partial charge in [-0.05, 0) is 43.2 Å². The number of para-hydroxylation sites is 1. The minimum atomic E-state index is -0.343. The molecule has 0 aliphatic heterocycles. The molecule has 25 heavy (non-hydrogen) atoms. The van der Waals surface area contributed by atoms with Crippen LogP contribution >= 0.6 is 0 Å². The summed E-state index contributed by atoms with van der Waals surface area (Å²) >= 11 is 0. The molecule has 1 aromatic heterocycles. The Morgan fingerprint density at radius 2 is 1.64 bits per heavy atom. The summed E-state index contributed by atoms with van der Waals surface area (Å²) in [4.78, 5) is 8.60. The number of hydrogen-bond acceptors (Lipinski definition) is 4. The second kappa shape index (κ2) is 7.70. The number of halogens is 2. The molecule has 6 heteroatoms. The highest BCUT2D eigenvalue weighted by atomic mass is 19.1. The Labute approximate surface area is 145 Å². The predicted molar refractivity (Wildman–Crippen MR) is 95.0 cm³/mol. The summed E-state index contributed by atoms with van der Waals surface area (Å²) in [5.74, 6) is 1.15. The number of benzene rings is 2. The van der Waals surface area contributed by atoms with Crippen LogP contribution in [0.4, 0.5) is 26.1 Å². The van der Waals surface area contributed by atoms with Crippen LogP contribution in [0.5, 0.6) is 0 Å². The number of nitrogens with one attached hydrogen (secondary N) is 2. The molecule has 0 spiro atoms. The van der Waals surface area contributed by atoms with E-state index in [-0.39, 0.29) is 11.6 Å². The molecule has 2 aromatic carbocycles. The average Bonchev–Trinajstić information content (AvgIpc) is 2.58. The quantitative estimate of drug-likeness (QED) is 0.695. The summed E-state index contributed by atoms with van der Waals surface area (Å²) in [7, 11) is 0. The van der Waals surface area contributed by atoms with Crippen LogP contribution < -0.4 is 10.6 Å². The zero-order valence-corrected chi connectivity index (χ0v) is 13.8. The van der Waals surface area contributed by atoms with Crippen molar-refractivity contribution in [3.05, 3.63) is 77.6 Å². The summed E-state index contributed by atoms with van der Waals surface area (Å²) in [6.45, 7) is 2.42. The van der Waals surface area contributed by atoms with Gasteiger partial charge in [-0.1, -0.05) is 24.3 Å². The molecule has 2 N–H and O–H groups in total. The summed E-state index contributed by atoms with van der Waals surface area (Å²) < 4.78 is 26.7. The molecule has 1 heterocycles. The number of nitrogens with zero attached hydrogens (tertiary/aromatic N) is 2. The lowest BCUT2D eigenvalue weighted by atomic mass is 10.1. The van der Waals surface area contributed by atoms with E-state index < -0.39 is 0 Å². The highest BCUT2D eigenvalue weighted by Gasteiger charge is 2.05. The maximum Gasteiger partial charge on any atom is 0.146 e. The van der Waals surface area contributed by atoms with E-state index in [0.717, 1.165) is 12.0 Å². The fraction of sp³-hybridized carbons (Fsp3) is 0.158. The molecular weight excluding hydrogens is 322 g/mol. The van der Waals surface area contributed by atoms with Crippen LogP contribution in [-0.4, -0.2) is 16.5 Å². The molecule has 0 fully saturated rings. The molecule has 0 amide bonds. The normalized spacial score (nSPS) is 10.5. The number of aryl methyl sites for hydroxylation is 1. The number of hydrogen-bond donors (Lipinski definition) is 2. The van der Waals surface area contributed by atoms with Crippen LogP contribution in [-0.2, 0) is 6.42 Å². The van der Waals surface area contributed by atoms with E-state index in [9.17, 15) is 8.78 Å². The van der Waals surface area contributed by atoms with E-state index in [0.29, 0.717) is 29.7 Å². The molecular formula is C19H18F2N4. The SMILES string of the molecule is Cc1nc(NCCc2ccc(F)cc2)cc(Nc2ccccc2F)n1. The molecule has 0 saturated heterocycles. The Kier molecular flexibility index (Phi) is 5.18. The Hall–Kier alpha value is -3.02. The summed E-state index contributed by atoms with van der Waals surface area (Å²) in [5, 5.41) is 6.17. The van der Waals surface area contributed by atoms with E-state index in [2.05, 4.69) is 20.6 Å². The Bertz CT molecular complexity index is 850. The van der Waals surface area contributed by atoms with Crippen LogP contribution in [0.25, 0.3) is 0 Å². The highest BCUT2D eigenvalue weighted by Crippen LogP contribution is 2.20. The Morgan fingerprint density at radius 3 is 2.40 bits per heavy atom. The van der Waals surface area contributed by atoms with Gasteiger partial charge in [0.15, 0.2) is 0 Å². The minimum absolute atomic E-state index is 0.244. The third kappa shape index (κ3) is 4.73. The zero-order chi connectivity index (χ0) is 17.6. The summed E-state index contributed by atoms with van der Waals surface area (Å²) in [6.07, 6.45) is 0.736. The van der Waals surface area contributed by atoms with E-state index in [1.165, 1.54) is 18.2 Å². The maximum absolute atomic E-state index is 13.7. The van der Waals surface area contributed by atoms with Crippen molar-refractivity contribution in [3.8, 4) is 0 Å². The van der Waals surface area contributed by atoms with Crippen molar-refractivity contribution >= 4 is 17.3 Å². The zero-order valence-electron chi connectivity index (χ0n) is 13.8. The fourth-order valence-corrected chi connectivity index (χ4v) is 2.41. The first-order valence-corrected chi connectivity index (χ1v) is 7.96.